The summed E-state index contributed by atoms with van der Waals surface area (Å²) in [6.07, 6.45) is 5.93. The lowest BCUT2D eigenvalue weighted by atomic mass is 10.2. The van der Waals surface area contributed by atoms with Crippen molar-refractivity contribution in [1.29, 1.82) is 0 Å². The molecule has 3 rings (SSSR count). The second-order valence-electron chi connectivity index (χ2n) is 5.42. The van der Waals surface area contributed by atoms with Crippen molar-refractivity contribution in [1.82, 2.24) is 10.6 Å². The van der Waals surface area contributed by atoms with Gasteiger partial charge in [0.1, 0.15) is 0 Å². The average Bonchev–Trinajstić information content (AvgIpc) is 2.64. The zero-order chi connectivity index (χ0) is 17.5. The first-order valence-electron chi connectivity index (χ1n) is 7.86. The number of amides is 2. The van der Waals surface area contributed by atoms with Crippen LogP contribution < -0.4 is 16.0 Å². The summed E-state index contributed by atoms with van der Waals surface area (Å²) in [7, 11) is 0. The molecule has 2 amide bonds. The number of hydrogen-bond donors (Lipinski definition) is 3. The smallest absolute Gasteiger partial charge is 0.319 e. The van der Waals surface area contributed by atoms with Gasteiger partial charge in [-0.1, -0.05) is 35.5 Å². The lowest BCUT2D eigenvalue weighted by Crippen LogP contribution is -2.31. The molecule has 2 aromatic carbocycles. The second kappa shape index (κ2) is 8.65. The number of rotatable bonds is 5. The van der Waals surface area contributed by atoms with Gasteiger partial charge in [-0.25, -0.2) is 4.79 Å². The Morgan fingerprint density at radius 3 is 2.40 bits per heavy atom. The summed E-state index contributed by atoms with van der Waals surface area (Å²) in [5, 5.41) is 9.50. The van der Waals surface area contributed by atoms with Crippen molar-refractivity contribution in [3.63, 3.8) is 0 Å². The summed E-state index contributed by atoms with van der Waals surface area (Å²) in [5.74, 6) is 0. The molecule has 0 aromatic heterocycles. The molecule has 0 saturated carbocycles. The highest BCUT2D eigenvalue weighted by Gasteiger charge is 2.04. The van der Waals surface area contributed by atoms with Crippen molar-refractivity contribution in [2.24, 2.45) is 0 Å². The van der Waals surface area contributed by atoms with E-state index in [-0.39, 0.29) is 6.03 Å². The van der Waals surface area contributed by atoms with E-state index in [4.69, 9.17) is 11.6 Å². The fraction of sp³-hybridized carbons (Fsp3) is 0.105. The largest absolute Gasteiger partial charge is 0.387 e. The molecular weight excluding hydrogens is 354 g/mol. The fourth-order valence-corrected chi connectivity index (χ4v) is 3.17. The standard InChI is InChI=1S/C19H18ClN3OS/c20-15-3-7-17(8-4-15)25-18-9-5-16(6-10-18)23-19(24)22-13-14-2-1-11-21-12-14/h1-10,12,21H,11,13H2,(H2,22,23,24). The van der Waals surface area contributed by atoms with E-state index in [0.29, 0.717) is 6.54 Å². The Morgan fingerprint density at radius 2 is 1.76 bits per heavy atom. The summed E-state index contributed by atoms with van der Waals surface area (Å²) in [5.41, 5.74) is 1.79. The van der Waals surface area contributed by atoms with Crippen LogP contribution in [0.5, 0.6) is 0 Å². The summed E-state index contributed by atoms with van der Waals surface area (Å²) in [6, 6.07) is 15.2. The molecule has 0 radical (unpaired) electrons. The monoisotopic (exact) mass is 371 g/mol. The SMILES string of the molecule is O=C(NCC1=CNCC=C1)Nc1ccc(Sc2ccc(Cl)cc2)cc1. The first-order valence-corrected chi connectivity index (χ1v) is 9.06. The maximum absolute atomic E-state index is 12.0. The minimum atomic E-state index is -0.224. The second-order valence-corrected chi connectivity index (χ2v) is 7.00. The van der Waals surface area contributed by atoms with Crippen LogP contribution >= 0.6 is 23.4 Å². The molecule has 0 spiro atoms. The fourth-order valence-electron chi connectivity index (χ4n) is 2.23. The van der Waals surface area contributed by atoms with Crippen molar-refractivity contribution in [3.05, 3.63) is 77.5 Å². The molecule has 25 heavy (non-hydrogen) atoms. The van der Waals surface area contributed by atoms with Crippen LogP contribution in [0.4, 0.5) is 10.5 Å². The predicted molar refractivity (Wildman–Crippen MR) is 104 cm³/mol. The normalized spacial score (nSPS) is 12.9. The Labute approximate surface area is 156 Å². The van der Waals surface area contributed by atoms with E-state index in [0.717, 1.165) is 32.6 Å². The van der Waals surface area contributed by atoms with Gasteiger partial charge in [-0.2, -0.15) is 0 Å². The highest BCUT2D eigenvalue weighted by atomic mass is 35.5. The summed E-state index contributed by atoms with van der Waals surface area (Å²) >= 11 is 7.54. The molecule has 6 heteroatoms. The number of anilines is 1. The summed E-state index contributed by atoms with van der Waals surface area (Å²) in [6.45, 7) is 1.32. The van der Waals surface area contributed by atoms with Gasteiger partial charge in [-0.3, -0.25) is 0 Å². The van der Waals surface area contributed by atoms with Crippen LogP contribution in [0.1, 0.15) is 0 Å². The zero-order valence-corrected chi connectivity index (χ0v) is 15.0. The van der Waals surface area contributed by atoms with E-state index in [9.17, 15) is 4.79 Å². The van der Waals surface area contributed by atoms with Gasteiger partial charge in [0.05, 0.1) is 0 Å². The molecule has 1 heterocycles. The lowest BCUT2D eigenvalue weighted by Gasteiger charge is -2.11. The molecule has 1 aliphatic heterocycles. The third-order valence-corrected chi connectivity index (χ3v) is 4.74. The Hall–Kier alpha value is -2.37. The maximum atomic E-state index is 12.0. The zero-order valence-electron chi connectivity index (χ0n) is 13.5. The van der Waals surface area contributed by atoms with Crippen molar-refractivity contribution in [2.75, 3.05) is 18.4 Å². The van der Waals surface area contributed by atoms with Gasteiger partial charge in [0.2, 0.25) is 0 Å². The molecule has 1 aliphatic rings. The van der Waals surface area contributed by atoms with E-state index in [2.05, 4.69) is 16.0 Å². The van der Waals surface area contributed by atoms with Crippen LogP contribution in [-0.2, 0) is 0 Å². The van der Waals surface area contributed by atoms with Crippen molar-refractivity contribution in [2.45, 2.75) is 9.79 Å². The molecule has 0 unspecified atom stereocenters. The maximum Gasteiger partial charge on any atom is 0.319 e. The van der Waals surface area contributed by atoms with Gasteiger partial charge < -0.3 is 16.0 Å². The van der Waals surface area contributed by atoms with E-state index >= 15 is 0 Å². The number of halogens is 1. The van der Waals surface area contributed by atoms with Gasteiger partial charge in [0, 0.05) is 39.8 Å². The highest BCUT2D eigenvalue weighted by Crippen LogP contribution is 2.29. The predicted octanol–water partition coefficient (Wildman–Crippen LogP) is 4.66. The molecule has 4 nitrogen and oxygen atoms in total. The van der Waals surface area contributed by atoms with Crippen LogP contribution in [0.15, 0.2) is 82.2 Å². The molecule has 128 valence electrons. The Kier molecular flexibility index (Phi) is 6.04. The minimum absolute atomic E-state index is 0.224. The molecule has 0 bridgehead atoms. The van der Waals surface area contributed by atoms with Crippen LogP contribution in [0.25, 0.3) is 0 Å². The molecular formula is C19H18ClN3OS. The van der Waals surface area contributed by atoms with E-state index < -0.39 is 0 Å². The number of nitrogens with one attached hydrogen (secondary N) is 3. The van der Waals surface area contributed by atoms with E-state index in [1.54, 1.807) is 11.8 Å². The van der Waals surface area contributed by atoms with Gasteiger partial charge in [-0.05, 0) is 54.1 Å². The number of urea groups is 1. The first kappa shape index (κ1) is 17.5. The minimum Gasteiger partial charge on any atom is -0.387 e. The Bertz CT molecular complexity index is 785. The molecule has 0 atom stereocenters. The summed E-state index contributed by atoms with van der Waals surface area (Å²) < 4.78 is 0. The van der Waals surface area contributed by atoms with Crippen molar-refractivity contribution in [3.8, 4) is 0 Å². The lowest BCUT2D eigenvalue weighted by molar-refractivity contribution is 0.253. The number of benzene rings is 2. The molecule has 2 aromatic rings. The molecule has 3 N–H and O–H groups in total. The van der Waals surface area contributed by atoms with Crippen molar-refractivity contribution >= 4 is 35.1 Å². The first-order chi connectivity index (χ1) is 12.2. The topological polar surface area (TPSA) is 53.2 Å². The number of dihydropyridines is 1. The molecule has 0 aliphatic carbocycles. The van der Waals surface area contributed by atoms with E-state index in [1.165, 1.54) is 0 Å². The number of carbonyl (C=O) groups is 1. The van der Waals surface area contributed by atoms with Crippen molar-refractivity contribution < 1.29 is 4.79 Å². The summed E-state index contributed by atoms with van der Waals surface area (Å²) in [4.78, 5) is 14.2. The Balaban J connectivity index is 1.49. The number of carbonyl (C=O) groups excluding carboxylic acids is 1. The number of hydrogen-bond acceptors (Lipinski definition) is 3. The van der Waals surface area contributed by atoms with Gasteiger partial charge in [0.15, 0.2) is 0 Å². The third kappa shape index (κ3) is 5.59. The quantitative estimate of drug-likeness (QED) is 0.716. The van der Waals surface area contributed by atoms with Crippen LogP contribution in [0.3, 0.4) is 0 Å². The van der Waals surface area contributed by atoms with Crippen LogP contribution in [-0.4, -0.2) is 19.1 Å². The van der Waals surface area contributed by atoms with Gasteiger partial charge >= 0.3 is 6.03 Å². The third-order valence-electron chi connectivity index (χ3n) is 3.47. The Morgan fingerprint density at radius 1 is 1.08 bits per heavy atom. The van der Waals surface area contributed by atoms with Crippen LogP contribution in [0.2, 0.25) is 5.02 Å². The molecule has 0 fully saturated rings. The van der Waals surface area contributed by atoms with E-state index in [1.807, 2.05) is 66.9 Å². The molecule has 0 saturated heterocycles. The van der Waals surface area contributed by atoms with Gasteiger partial charge in [-0.15, -0.1) is 0 Å². The van der Waals surface area contributed by atoms with Crippen LogP contribution in [0, 0.1) is 0 Å². The average molecular weight is 372 g/mol. The van der Waals surface area contributed by atoms with Gasteiger partial charge in [0.25, 0.3) is 0 Å². The highest BCUT2D eigenvalue weighted by molar-refractivity contribution is 7.99.